The Bertz CT molecular complexity index is 805. The number of hydrogen-bond acceptors (Lipinski definition) is 4. The molecule has 1 fully saturated rings. The predicted octanol–water partition coefficient (Wildman–Crippen LogP) is 2.95. The summed E-state index contributed by atoms with van der Waals surface area (Å²) in [6, 6.07) is 13.1. The largest absolute Gasteiger partial charge is 0.484 e. The summed E-state index contributed by atoms with van der Waals surface area (Å²) in [6.07, 6.45) is 1.57. The molecule has 0 bridgehead atoms. The summed E-state index contributed by atoms with van der Waals surface area (Å²) in [6.45, 7) is 4.93. The lowest BCUT2D eigenvalue weighted by atomic mass is 9.97. The third-order valence-electron chi connectivity index (χ3n) is 4.67. The quantitative estimate of drug-likeness (QED) is 0.882. The number of benzene rings is 1. The van der Waals surface area contributed by atoms with E-state index in [4.69, 9.17) is 4.74 Å². The van der Waals surface area contributed by atoms with Gasteiger partial charge in [0.15, 0.2) is 6.61 Å². The number of hydrogen-bond donors (Lipinski definition) is 1. The van der Waals surface area contributed by atoms with Gasteiger partial charge in [0.1, 0.15) is 11.6 Å². The summed E-state index contributed by atoms with van der Waals surface area (Å²) in [5.74, 6) is 0.799. The van der Waals surface area contributed by atoms with Crippen molar-refractivity contribution >= 4 is 17.6 Å². The van der Waals surface area contributed by atoms with Gasteiger partial charge in [0.2, 0.25) is 5.91 Å². The highest BCUT2D eigenvalue weighted by Crippen LogP contribution is 2.19. The smallest absolute Gasteiger partial charge is 0.260 e. The Morgan fingerprint density at radius 3 is 2.70 bits per heavy atom. The molecule has 142 valence electrons. The topological polar surface area (TPSA) is 71.5 Å². The fourth-order valence-electron chi connectivity index (χ4n) is 3.13. The van der Waals surface area contributed by atoms with Crippen LogP contribution in [0.4, 0.5) is 5.82 Å². The van der Waals surface area contributed by atoms with Crippen LogP contribution >= 0.6 is 0 Å². The zero-order valence-corrected chi connectivity index (χ0v) is 15.8. The van der Waals surface area contributed by atoms with Gasteiger partial charge in [0.25, 0.3) is 5.91 Å². The molecule has 0 radical (unpaired) electrons. The van der Waals surface area contributed by atoms with E-state index < -0.39 is 0 Å². The monoisotopic (exact) mass is 367 g/mol. The van der Waals surface area contributed by atoms with Crippen molar-refractivity contribution in [1.29, 1.82) is 0 Å². The molecule has 1 N–H and O–H groups in total. The summed E-state index contributed by atoms with van der Waals surface area (Å²) in [4.78, 5) is 31.0. The van der Waals surface area contributed by atoms with Crippen molar-refractivity contribution in [1.82, 2.24) is 9.88 Å². The Morgan fingerprint density at radius 2 is 1.96 bits per heavy atom. The number of carbonyl (C=O) groups is 2. The number of nitrogens with zero attached hydrogens (tertiary/aromatic N) is 2. The molecule has 6 nitrogen and oxygen atoms in total. The second kappa shape index (κ2) is 8.66. The number of rotatable bonds is 5. The van der Waals surface area contributed by atoms with Crippen molar-refractivity contribution in [2.75, 3.05) is 25.0 Å². The maximum absolute atomic E-state index is 12.5. The summed E-state index contributed by atoms with van der Waals surface area (Å²) in [7, 11) is 0. The second-order valence-electron chi connectivity index (χ2n) is 6.93. The number of carbonyl (C=O) groups excluding carboxylic acids is 2. The van der Waals surface area contributed by atoms with E-state index in [0.29, 0.717) is 24.7 Å². The van der Waals surface area contributed by atoms with E-state index in [1.165, 1.54) is 0 Å². The lowest BCUT2D eigenvalue weighted by Gasteiger charge is -2.32. The molecule has 6 heteroatoms. The zero-order valence-electron chi connectivity index (χ0n) is 15.8. The molecule has 2 heterocycles. The maximum Gasteiger partial charge on any atom is 0.260 e. The molecule has 1 aliphatic rings. The zero-order chi connectivity index (χ0) is 19.2. The normalized spacial score (nSPS) is 16.7. The highest BCUT2D eigenvalue weighted by atomic mass is 16.5. The van der Waals surface area contributed by atoms with Crippen LogP contribution in [0.2, 0.25) is 0 Å². The SMILES string of the molecule is Cc1ccc(OCC(=O)N2CCCC(C(=O)Nc3cccc(C)n3)C2)cc1. The van der Waals surface area contributed by atoms with Crippen LogP contribution in [0.5, 0.6) is 5.75 Å². The molecule has 1 saturated heterocycles. The van der Waals surface area contributed by atoms with E-state index in [9.17, 15) is 9.59 Å². The first-order valence-electron chi connectivity index (χ1n) is 9.23. The van der Waals surface area contributed by atoms with Crippen LogP contribution in [0.3, 0.4) is 0 Å². The van der Waals surface area contributed by atoms with Crippen LogP contribution in [0, 0.1) is 19.8 Å². The Hall–Kier alpha value is -2.89. The number of nitrogens with one attached hydrogen (secondary N) is 1. The van der Waals surface area contributed by atoms with E-state index >= 15 is 0 Å². The van der Waals surface area contributed by atoms with Crippen molar-refractivity contribution in [3.63, 3.8) is 0 Å². The first-order chi connectivity index (χ1) is 13.0. The molecular weight excluding hydrogens is 342 g/mol. The van der Waals surface area contributed by atoms with E-state index in [0.717, 1.165) is 24.1 Å². The van der Waals surface area contributed by atoms with Crippen molar-refractivity contribution in [3.05, 3.63) is 53.7 Å². The highest BCUT2D eigenvalue weighted by Gasteiger charge is 2.28. The van der Waals surface area contributed by atoms with E-state index in [2.05, 4.69) is 10.3 Å². The lowest BCUT2D eigenvalue weighted by Crippen LogP contribution is -2.45. The fraction of sp³-hybridized carbons (Fsp3) is 0.381. The standard InChI is InChI=1S/C21H25N3O3/c1-15-8-10-18(11-9-15)27-14-20(25)24-12-4-6-17(13-24)21(26)23-19-7-3-5-16(2)22-19/h3,5,7-11,17H,4,6,12-14H2,1-2H3,(H,22,23,26). The van der Waals surface area contributed by atoms with E-state index in [-0.39, 0.29) is 24.3 Å². The molecule has 1 aromatic heterocycles. The van der Waals surface area contributed by atoms with Gasteiger partial charge in [0, 0.05) is 18.8 Å². The van der Waals surface area contributed by atoms with Gasteiger partial charge in [-0.3, -0.25) is 9.59 Å². The number of aryl methyl sites for hydroxylation is 2. The number of likely N-dealkylation sites (tertiary alicyclic amines) is 1. The molecule has 1 unspecified atom stereocenters. The number of piperidine rings is 1. The van der Waals surface area contributed by atoms with E-state index in [1.54, 1.807) is 11.0 Å². The molecule has 1 atom stereocenters. The first-order valence-corrected chi connectivity index (χ1v) is 9.23. The van der Waals surface area contributed by atoms with Crippen molar-refractivity contribution in [2.24, 2.45) is 5.92 Å². The minimum atomic E-state index is -0.232. The summed E-state index contributed by atoms with van der Waals surface area (Å²) >= 11 is 0. The van der Waals surface area contributed by atoms with Gasteiger partial charge in [-0.2, -0.15) is 0 Å². The third kappa shape index (κ3) is 5.29. The third-order valence-corrected chi connectivity index (χ3v) is 4.67. The van der Waals surface area contributed by atoms with Crippen LogP contribution in [-0.2, 0) is 9.59 Å². The lowest BCUT2D eigenvalue weighted by molar-refractivity contribution is -0.136. The molecule has 2 amide bonds. The van der Waals surface area contributed by atoms with Gasteiger partial charge in [-0.15, -0.1) is 0 Å². The number of anilines is 1. The Morgan fingerprint density at radius 1 is 1.19 bits per heavy atom. The molecule has 3 rings (SSSR count). The average molecular weight is 367 g/mol. The van der Waals surface area contributed by atoms with Crippen molar-refractivity contribution < 1.29 is 14.3 Å². The van der Waals surface area contributed by atoms with Gasteiger partial charge < -0.3 is 15.0 Å². The molecule has 0 spiro atoms. The van der Waals surface area contributed by atoms with Crippen molar-refractivity contribution in [2.45, 2.75) is 26.7 Å². The Balaban J connectivity index is 1.52. The molecule has 1 aliphatic heterocycles. The van der Waals surface area contributed by atoms with Gasteiger partial charge >= 0.3 is 0 Å². The summed E-state index contributed by atoms with van der Waals surface area (Å²) in [5.41, 5.74) is 1.99. The van der Waals surface area contributed by atoms with Gasteiger partial charge in [0.05, 0.1) is 5.92 Å². The van der Waals surface area contributed by atoms with Crippen LogP contribution in [0.25, 0.3) is 0 Å². The minimum Gasteiger partial charge on any atom is -0.484 e. The molecule has 27 heavy (non-hydrogen) atoms. The second-order valence-corrected chi connectivity index (χ2v) is 6.93. The Kier molecular flexibility index (Phi) is 6.06. The summed E-state index contributed by atoms with van der Waals surface area (Å²) in [5, 5.41) is 2.86. The van der Waals surface area contributed by atoms with Crippen LogP contribution in [0.1, 0.15) is 24.1 Å². The van der Waals surface area contributed by atoms with Gasteiger partial charge in [-0.25, -0.2) is 4.98 Å². The average Bonchev–Trinajstić information content (AvgIpc) is 2.67. The Labute approximate surface area is 159 Å². The van der Waals surface area contributed by atoms with Gasteiger partial charge in [-0.05, 0) is 51.0 Å². The molecule has 0 aliphatic carbocycles. The fourth-order valence-corrected chi connectivity index (χ4v) is 3.13. The number of ether oxygens (including phenoxy) is 1. The van der Waals surface area contributed by atoms with Crippen LogP contribution in [0.15, 0.2) is 42.5 Å². The van der Waals surface area contributed by atoms with Crippen LogP contribution < -0.4 is 10.1 Å². The number of aromatic nitrogens is 1. The first kappa shape index (κ1) is 18.9. The molecule has 0 saturated carbocycles. The molecule has 1 aromatic carbocycles. The highest BCUT2D eigenvalue weighted by molar-refractivity contribution is 5.92. The van der Waals surface area contributed by atoms with Gasteiger partial charge in [-0.1, -0.05) is 23.8 Å². The van der Waals surface area contributed by atoms with E-state index in [1.807, 2.05) is 50.2 Å². The minimum absolute atomic E-state index is 0.0170. The number of amides is 2. The summed E-state index contributed by atoms with van der Waals surface area (Å²) < 4.78 is 5.58. The number of pyridine rings is 1. The predicted molar refractivity (Wildman–Crippen MR) is 104 cm³/mol. The van der Waals surface area contributed by atoms with Crippen molar-refractivity contribution in [3.8, 4) is 5.75 Å². The molecule has 2 aromatic rings. The van der Waals surface area contributed by atoms with Crippen LogP contribution in [-0.4, -0.2) is 41.4 Å². The molecular formula is C21H25N3O3. The maximum atomic E-state index is 12.5.